The Hall–Kier alpha value is -6.72. The third kappa shape index (κ3) is 7.36. The summed E-state index contributed by atoms with van der Waals surface area (Å²) in [7, 11) is 0. The molecule has 8 rings (SSSR count). The fourth-order valence-electron chi connectivity index (χ4n) is 7.88. The van der Waals surface area contributed by atoms with Crippen LogP contribution in [0.4, 0.5) is 4.79 Å². The molecule has 2 atom stereocenters. The molecule has 282 valence electrons. The van der Waals surface area contributed by atoms with Crippen LogP contribution in [0.5, 0.6) is 5.75 Å². The van der Waals surface area contributed by atoms with Crippen LogP contribution in [0.2, 0.25) is 0 Å². The highest BCUT2D eigenvalue weighted by Gasteiger charge is 2.51. The monoisotopic (exact) mass is 745 g/mol. The summed E-state index contributed by atoms with van der Waals surface area (Å²) in [5.74, 6) is -0.371. The van der Waals surface area contributed by atoms with Gasteiger partial charge in [0.05, 0.1) is 25.2 Å². The molecular formula is C45H43N7O4. The van der Waals surface area contributed by atoms with Crippen LogP contribution in [-0.2, 0) is 35.6 Å². The summed E-state index contributed by atoms with van der Waals surface area (Å²) in [5.41, 5.74) is 6.43. The number of para-hydroxylation sites is 1. The van der Waals surface area contributed by atoms with Crippen LogP contribution in [0.25, 0.3) is 22.2 Å². The van der Waals surface area contributed by atoms with E-state index in [4.69, 9.17) is 5.10 Å². The third-order valence-corrected chi connectivity index (χ3v) is 10.5. The lowest BCUT2D eigenvalue weighted by atomic mass is 9.98. The molecule has 2 unspecified atom stereocenters. The summed E-state index contributed by atoms with van der Waals surface area (Å²) in [6.45, 7) is 5.17. The largest absolute Gasteiger partial charge is 0.508 e. The summed E-state index contributed by atoms with van der Waals surface area (Å²) in [5, 5.41) is 22.5. The van der Waals surface area contributed by atoms with Crippen LogP contribution in [0.1, 0.15) is 22.3 Å². The molecule has 6 aromatic rings. The second kappa shape index (κ2) is 15.9. The van der Waals surface area contributed by atoms with Gasteiger partial charge in [-0.25, -0.2) is 14.8 Å². The zero-order valence-corrected chi connectivity index (χ0v) is 30.9. The molecule has 11 nitrogen and oxygen atoms in total. The number of carbonyl (C=O) groups is 3. The lowest BCUT2D eigenvalue weighted by Gasteiger charge is -2.55. The Labute approximate surface area is 325 Å². The molecule has 5 aromatic carbocycles. The number of piperazine rings is 1. The summed E-state index contributed by atoms with van der Waals surface area (Å²) >= 11 is 0. The van der Waals surface area contributed by atoms with E-state index in [0.717, 1.165) is 44.4 Å². The molecule has 1 aromatic heterocycles. The molecule has 0 bridgehead atoms. The van der Waals surface area contributed by atoms with E-state index in [1.54, 1.807) is 50.2 Å². The number of nitrogens with one attached hydrogen (secondary N) is 1. The Morgan fingerprint density at radius 2 is 1.48 bits per heavy atom. The Kier molecular flexibility index (Phi) is 10.3. The number of amides is 4. The van der Waals surface area contributed by atoms with Crippen molar-refractivity contribution in [2.24, 2.45) is 0 Å². The van der Waals surface area contributed by atoms with E-state index < -0.39 is 12.2 Å². The van der Waals surface area contributed by atoms with E-state index in [9.17, 15) is 19.5 Å². The van der Waals surface area contributed by atoms with Crippen molar-refractivity contribution in [2.75, 3.05) is 19.6 Å². The SMILES string of the molecule is C=CCN1CC(=O)N2C(Cc3ccc(O)cc3)C(=O)N(Cc3cccc4c(-c5ccccc5)nn(Cc5ccccc5)c34)CC2N1C(=O)NCc1ccccc1. The second-order valence-corrected chi connectivity index (χ2v) is 14.2. The number of fused-ring (bicyclic) bond motifs is 2. The van der Waals surface area contributed by atoms with Gasteiger partial charge in [-0.2, -0.15) is 5.10 Å². The number of aromatic nitrogens is 2. The Morgan fingerprint density at radius 1 is 0.804 bits per heavy atom. The number of carbonyl (C=O) groups excluding carboxylic acids is 3. The first-order valence-electron chi connectivity index (χ1n) is 18.8. The number of urea groups is 1. The molecule has 0 saturated carbocycles. The predicted molar refractivity (Wildman–Crippen MR) is 215 cm³/mol. The van der Waals surface area contributed by atoms with E-state index in [1.807, 2.05) is 95.7 Å². The van der Waals surface area contributed by atoms with Gasteiger partial charge in [0.15, 0.2) is 0 Å². The molecule has 4 amide bonds. The minimum absolute atomic E-state index is 0.0812. The van der Waals surface area contributed by atoms with Crippen molar-refractivity contribution in [1.82, 2.24) is 34.9 Å². The molecule has 2 fully saturated rings. The van der Waals surface area contributed by atoms with Gasteiger partial charge in [0, 0.05) is 37.0 Å². The molecule has 2 N–H and O–H groups in total. The van der Waals surface area contributed by atoms with Gasteiger partial charge in [0.2, 0.25) is 11.8 Å². The van der Waals surface area contributed by atoms with Crippen molar-refractivity contribution < 1.29 is 19.5 Å². The maximum absolute atomic E-state index is 14.8. The van der Waals surface area contributed by atoms with Gasteiger partial charge >= 0.3 is 6.03 Å². The molecule has 0 aliphatic carbocycles. The van der Waals surface area contributed by atoms with E-state index in [-0.39, 0.29) is 62.7 Å². The number of nitrogens with zero attached hydrogens (tertiary/aromatic N) is 6. The fourth-order valence-corrected chi connectivity index (χ4v) is 7.88. The van der Waals surface area contributed by atoms with Gasteiger partial charge in [-0.15, -0.1) is 6.58 Å². The number of rotatable bonds is 11. The van der Waals surface area contributed by atoms with E-state index in [1.165, 1.54) is 0 Å². The number of aromatic hydroxyl groups is 1. The summed E-state index contributed by atoms with van der Waals surface area (Å²) in [6, 6.07) is 41.3. The molecule has 0 radical (unpaired) electrons. The highest BCUT2D eigenvalue weighted by atomic mass is 16.3. The molecule has 2 saturated heterocycles. The predicted octanol–water partition coefficient (Wildman–Crippen LogP) is 6.19. The number of hydrazine groups is 1. The second-order valence-electron chi connectivity index (χ2n) is 14.2. The zero-order valence-electron chi connectivity index (χ0n) is 30.9. The third-order valence-electron chi connectivity index (χ3n) is 10.5. The highest BCUT2D eigenvalue weighted by Crippen LogP contribution is 2.34. The highest BCUT2D eigenvalue weighted by molar-refractivity contribution is 5.96. The van der Waals surface area contributed by atoms with E-state index in [2.05, 4.69) is 30.1 Å². The van der Waals surface area contributed by atoms with Gasteiger partial charge in [-0.3, -0.25) is 14.3 Å². The topological polar surface area (TPSA) is 114 Å². The molecular weight excluding hydrogens is 703 g/mol. The molecule has 11 heteroatoms. The molecule has 56 heavy (non-hydrogen) atoms. The maximum atomic E-state index is 14.8. The first kappa shape index (κ1) is 36.3. The van der Waals surface area contributed by atoms with E-state index in [0.29, 0.717) is 6.54 Å². The number of benzene rings is 5. The molecule has 2 aliphatic rings. The van der Waals surface area contributed by atoms with Crippen molar-refractivity contribution in [3.63, 3.8) is 0 Å². The lowest BCUT2D eigenvalue weighted by molar-refractivity contribution is -0.189. The number of hydrogen-bond donors (Lipinski definition) is 2. The number of phenolic OH excluding ortho intramolecular Hbond substituents is 1. The Morgan fingerprint density at radius 3 is 2.18 bits per heavy atom. The normalized spacial score (nSPS) is 17.2. The summed E-state index contributed by atoms with van der Waals surface area (Å²) < 4.78 is 2.01. The lowest BCUT2D eigenvalue weighted by Crippen LogP contribution is -2.76. The van der Waals surface area contributed by atoms with Gasteiger partial charge in [-0.1, -0.05) is 127 Å². The average molecular weight is 746 g/mol. The van der Waals surface area contributed by atoms with Gasteiger partial charge in [0.1, 0.15) is 23.7 Å². The molecule has 2 aliphatic heterocycles. The Balaban J connectivity index is 1.20. The van der Waals surface area contributed by atoms with Crippen LogP contribution in [-0.4, -0.2) is 84.4 Å². The zero-order chi connectivity index (χ0) is 38.6. The number of hydrogen-bond acceptors (Lipinski definition) is 6. The van der Waals surface area contributed by atoms with Crippen molar-refractivity contribution in [3.05, 3.63) is 168 Å². The van der Waals surface area contributed by atoms with Crippen molar-refractivity contribution in [2.45, 2.75) is 38.3 Å². The van der Waals surface area contributed by atoms with Crippen LogP contribution < -0.4 is 5.32 Å². The van der Waals surface area contributed by atoms with Crippen molar-refractivity contribution >= 4 is 28.7 Å². The van der Waals surface area contributed by atoms with Gasteiger partial charge < -0.3 is 20.2 Å². The van der Waals surface area contributed by atoms with Crippen LogP contribution in [0.3, 0.4) is 0 Å². The Bertz CT molecular complexity index is 2350. The standard InChI is InChI=1S/C45H43N7O4/c1-2-25-49-31-41(54)51-39(26-32-21-23-37(53)24-22-32)44(55)48(30-40(51)52(49)45(56)46-27-33-13-6-3-7-14-33)29-36-19-12-20-38-42(35-17-10-5-11-18-35)47-50(43(36)38)28-34-15-8-4-9-16-34/h2-24,39-40,53H,1,25-31H2,(H,46,56). The first-order valence-corrected chi connectivity index (χ1v) is 18.8. The first-order chi connectivity index (χ1) is 27.4. The summed E-state index contributed by atoms with van der Waals surface area (Å²) in [6.07, 6.45) is 1.06. The fraction of sp³-hybridized carbons (Fsp3) is 0.200. The number of phenols is 1. The van der Waals surface area contributed by atoms with Crippen LogP contribution in [0.15, 0.2) is 146 Å². The average Bonchev–Trinajstić information content (AvgIpc) is 3.59. The molecule has 3 heterocycles. The maximum Gasteiger partial charge on any atom is 0.334 e. The van der Waals surface area contributed by atoms with E-state index >= 15 is 0 Å². The smallest absolute Gasteiger partial charge is 0.334 e. The van der Waals surface area contributed by atoms with Gasteiger partial charge in [-0.05, 0) is 34.4 Å². The quantitative estimate of drug-likeness (QED) is 0.153. The van der Waals surface area contributed by atoms with Crippen LogP contribution in [0, 0.1) is 0 Å². The van der Waals surface area contributed by atoms with Crippen LogP contribution >= 0.6 is 0 Å². The summed E-state index contributed by atoms with van der Waals surface area (Å²) in [4.78, 5) is 46.6. The minimum Gasteiger partial charge on any atom is -0.508 e. The minimum atomic E-state index is -0.908. The van der Waals surface area contributed by atoms with Crippen molar-refractivity contribution in [3.8, 4) is 17.0 Å². The van der Waals surface area contributed by atoms with Gasteiger partial charge in [0.25, 0.3) is 0 Å². The van der Waals surface area contributed by atoms with Crippen molar-refractivity contribution in [1.29, 1.82) is 0 Å². The molecule has 0 spiro atoms.